The number of nitrogens with one attached hydrogen (secondary N) is 1. The van der Waals surface area contributed by atoms with E-state index in [9.17, 15) is 32.7 Å². The zero-order valence-corrected chi connectivity index (χ0v) is 31.8. The number of nitrogens with zero attached hydrogens (tertiary/aromatic N) is 3. The average Bonchev–Trinajstić information content (AvgIpc) is 3.55. The summed E-state index contributed by atoms with van der Waals surface area (Å²) in [5.74, 6) is -1.99. The van der Waals surface area contributed by atoms with Gasteiger partial charge in [-0.05, 0) is 89.8 Å². The number of amides is 2. The Hall–Kier alpha value is -4.11. The number of aromatic nitrogens is 1. The zero-order chi connectivity index (χ0) is 39.5. The molecule has 0 aliphatic carbocycles. The van der Waals surface area contributed by atoms with Crippen molar-refractivity contribution in [2.75, 3.05) is 53.1 Å². The van der Waals surface area contributed by atoms with Gasteiger partial charge in [-0.25, -0.2) is 14.6 Å². The van der Waals surface area contributed by atoms with Crippen LogP contribution < -0.4 is 10.1 Å². The van der Waals surface area contributed by atoms with Gasteiger partial charge in [0.2, 0.25) is 5.91 Å². The van der Waals surface area contributed by atoms with E-state index in [-0.39, 0.29) is 42.8 Å². The quantitative estimate of drug-likeness (QED) is 0.106. The number of allylic oxidation sites excluding steroid dienone is 1. The number of aromatic hydroxyl groups is 1. The summed E-state index contributed by atoms with van der Waals surface area (Å²) in [6.07, 6.45) is 0.688. The van der Waals surface area contributed by atoms with Gasteiger partial charge in [0.1, 0.15) is 29.2 Å². The van der Waals surface area contributed by atoms with Crippen LogP contribution in [0.15, 0.2) is 30.9 Å². The third kappa shape index (κ3) is 12.2. The first-order valence-corrected chi connectivity index (χ1v) is 18.8. The van der Waals surface area contributed by atoms with Gasteiger partial charge in [0.05, 0.1) is 32.4 Å². The van der Waals surface area contributed by atoms with Crippen LogP contribution in [0.25, 0.3) is 10.9 Å². The maximum Gasteiger partial charge on any atom is 0.437 e. The second-order valence-corrected chi connectivity index (χ2v) is 14.9. The van der Waals surface area contributed by atoms with Crippen LogP contribution in [-0.2, 0) is 36.4 Å². The van der Waals surface area contributed by atoms with E-state index in [1.165, 1.54) is 18.1 Å². The van der Waals surface area contributed by atoms with E-state index in [0.717, 1.165) is 45.3 Å². The highest BCUT2D eigenvalue weighted by Gasteiger charge is 2.43. The van der Waals surface area contributed by atoms with Crippen LogP contribution in [0.4, 0.5) is 18.0 Å². The first-order valence-electron chi connectivity index (χ1n) is 18.8. The minimum absolute atomic E-state index is 0.00209. The smallest absolute Gasteiger partial charge is 0.437 e. The van der Waals surface area contributed by atoms with Gasteiger partial charge in [0, 0.05) is 37.1 Å². The fourth-order valence-electron chi connectivity index (χ4n) is 6.95. The molecule has 300 valence electrons. The van der Waals surface area contributed by atoms with Crippen LogP contribution in [0, 0.1) is 5.92 Å². The van der Waals surface area contributed by atoms with Crippen molar-refractivity contribution in [3.8, 4) is 11.5 Å². The number of halogens is 3. The second kappa shape index (κ2) is 19.5. The van der Waals surface area contributed by atoms with E-state index in [2.05, 4.69) is 21.8 Å². The van der Waals surface area contributed by atoms with E-state index >= 15 is 0 Å². The number of ether oxygens (including phenoxy) is 4. The molecule has 0 radical (unpaired) electrons. The lowest BCUT2D eigenvalue weighted by Crippen LogP contribution is -2.52. The highest BCUT2D eigenvalue weighted by Crippen LogP contribution is 2.41. The lowest BCUT2D eigenvalue weighted by molar-refractivity contribution is -0.151. The number of carbonyl (C=O) groups excluding carboxylic acids is 3. The Morgan fingerprint density at radius 1 is 1.13 bits per heavy atom. The standard InChI is InChI=1S/C39H55F3N4O8/c1-6-7-8-9-10-12-31(44-37(50)54-38(2,3)4)35(48)46-25-26(23-32(46)36(49)51-5)13-15-28-29-24-27(53-20-11-17-45-18-21-52-22-19-45)14-16-30(29)43-34(33(28)47)39(40,41)42/h6,14,16,24,26,31-32,47H,1,7-13,15,17-23,25H2,2-5H3,(H,44,50)/t26?,31-,32?/m0/s1. The van der Waals surface area contributed by atoms with Crippen molar-refractivity contribution in [1.82, 2.24) is 20.1 Å². The van der Waals surface area contributed by atoms with Gasteiger partial charge >= 0.3 is 18.2 Å². The topological polar surface area (TPSA) is 140 Å². The van der Waals surface area contributed by atoms with Gasteiger partial charge in [-0.3, -0.25) is 9.69 Å². The molecule has 2 amide bonds. The lowest BCUT2D eigenvalue weighted by Gasteiger charge is -2.29. The van der Waals surface area contributed by atoms with Gasteiger partial charge in [-0.2, -0.15) is 13.2 Å². The number of alkyl halides is 3. The number of fused-ring (bicyclic) bond motifs is 1. The maximum absolute atomic E-state index is 14.1. The number of likely N-dealkylation sites (tertiary alicyclic amines) is 1. The molecule has 1 aromatic carbocycles. The Kier molecular flexibility index (Phi) is 15.4. The fourth-order valence-corrected chi connectivity index (χ4v) is 6.95. The number of pyridine rings is 1. The number of esters is 1. The first kappa shape index (κ1) is 42.6. The van der Waals surface area contributed by atoms with Crippen molar-refractivity contribution in [1.29, 1.82) is 0 Å². The van der Waals surface area contributed by atoms with Crippen LogP contribution in [0.3, 0.4) is 0 Å². The summed E-state index contributed by atoms with van der Waals surface area (Å²) in [5.41, 5.74) is -2.09. The molecule has 2 aromatic rings. The summed E-state index contributed by atoms with van der Waals surface area (Å²) in [6, 6.07) is 2.65. The van der Waals surface area contributed by atoms with Crippen molar-refractivity contribution in [3.63, 3.8) is 0 Å². The van der Waals surface area contributed by atoms with Crippen molar-refractivity contribution < 1.29 is 51.6 Å². The van der Waals surface area contributed by atoms with Crippen molar-refractivity contribution in [3.05, 3.63) is 42.1 Å². The largest absolute Gasteiger partial charge is 0.505 e. The van der Waals surface area contributed by atoms with Crippen LogP contribution in [0.1, 0.15) is 83.4 Å². The number of rotatable bonds is 17. The van der Waals surface area contributed by atoms with Crippen LogP contribution >= 0.6 is 0 Å². The number of benzene rings is 1. The molecular formula is C39H55F3N4O8. The molecule has 3 heterocycles. The molecule has 1 aromatic heterocycles. The summed E-state index contributed by atoms with van der Waals surface area (Å²) >= 11 is 0. The third-order valence-corrected chi connectivity index (χ3v) is 9.63. The molecule has 54 heavy (non-hydrogen) atoms. The Balaban J connectivity index is 1.53. The molecule has 0 bridgehead atoms. The molecule has 15 heteroatoms. The molecule has 2 N–H and O–H groups in total. The predicted molar refractivity (Wildman–Crippen MR) is 196 cm³/mol. The number of aryl methyl sites for hydroxylation is 1. The van der Waals surface area contributed by atoms with E-state index in [0.29, 0.717) is 43.8 Å². The van der Waals surface area contributed by atoms with E-state index < -0.39 is 53.3 Å². The number of hydrogen-bond donors (Lipinski definition) is 2. The highest BCUT2D eigenvalue weighted by atomic mass is 19.4. The van der Waals surface area contributed by atoms with Gasteiger partial charge in [-0.1, -0.05) is 18.9 Å². The average molecular weight is 765 g/mol. The van der Waals surface area contributed by atoms with E-state index in [1.807, 2.05) is 6.08 Å². The van der Waals surface area contributed by atoms with Gasteiger partial charge in [0.25, 0.3) is 0 Å². The Morgan fingerprint density at radius 3 is 2.54 bits per heavy atom. The maximum atomic E-state index is 14.1. The predicted octanol–water partition coefficient (Wildman–Crippen LogP) is 6.41. The molecule has 0 spiro atoms. The first-order chi connectivity index (χ1) is 25.6. The molecule has 4 rings (SSSR count). The molecular weight excluding hydrogens is 709 g/mol. The third-order valence-electron chi connectivity index (χ3n) is 9.63. The summed E-state index contributed by atoms with van der Waals surface area (Å²) in [7, 11) is 1.22. The lowest BCUT2D eigenvalue weighted by atomic mass is 9.94. The second-order valence-electron chi connectivity index (χ2n) is 14.9. The number of unbranched alkanes of at least 4 members (excludes halogenated alkanes) is 3. The molecule has 12 nitrogen and oxygen atoms in total. The van der Waals surface area contributed by atoms with Crippen LogP contribution in [0.2, 0.25) is 0 Å². The number of alkyl carbamates (subject to hydrolysis) is 1. The summed E-state index contributed by atoms with van der Waals surface area (Å²) in [6.45, 7) is 13.2. The molecule has 2 fully saturated rings. The Morgan fingerprint density at radius 2 is 1.87 bits per heavy atom. The molecule has 0 saturated carbocycles. The summed E-state index contributed by atoms with van der Waals surface area (Å²) in [4.78, 5) is 47.3. The number of carbonyl (C=O) groups is 3. The SMILES string of the molecule is C=CCCCCC[C@H](NC(=O)OC(C)(C)C)C(=O)N1CC(CCc2c(O)c(C(F)(F)F)nc3ccc(OCCCN4CCOCC4)cc23)CC1C(=O)OC. The number of methoxy groups -OCH3 is 1. The Labute approximate surface area is 315 Å². The fraction of sp³-hybridized carbons (Fsp3) is 0.641. The van der Waals surface area contributed by atoms with Gasteiger partial charge < -0.3 is 34.3 Å². The molecule has 3 atom stereocenters. The molecule has 2 saturated heterocycles. The number of hydrogen-bond acceptors (Lipinski definition) is 10. The molecule has 2 aliphatic rings. The normalized spacial score (nSPS) is 18.7. The minimum Gasteiger partial charge on any atom is -0.505 e. The van der Waals surface area contributed by atoms with Crippen LogP contribution in [0.5, 0.6) is 11.5 Å². The van der Waals surface area contributed by atoms with Crippen molar-refractivity contribution >= 4 is 28.9 Å². The highest BCUT2D eigenvalue weighted by molar-refractivity contribution is 5.90. The van der Waals surface area contributed by atoms with Gasteiger partial charge in [-0.15, -0.1) is 6.58 Å². The zero-order valence-electron chi connectivity index (χ0n) is 31.8. The monoisotopic (exact) mass is 764 g/mol. The summed E-state index contributed by atoms with van der Waals surface area (Å²) in [5, 5.41) is 14.0. The van der Waals surface area contributed by atoms with Crippen molar-refractivity contribution in [2.45, 2.75) is 102 Å². The summed E-state index contributed by atoms with van der Waals surface area (Å²) < 4.78 is 64.0. The molecule has 2 unspecified atom stereocenters. The van der Waals surface area contributed by atoms with E-state index in [1.54, 1.807) is 32.9 Å². The Bertz CT molecular complexity index is 1590. The minimum atomic E-state index is -4.91. The van der Waals surface area contributed by atoms with E-state index in [4.69, 9.17) is 18.9 Å². The van der Waals surface area contributed by atoms with Crippen molar-refractivity contribution in [2.24, 2.45) is 5.92 Å². The number of morpholine rings is 1. The van der Waals surface area contributed by atoms with Crippen LogP contribution in [-0.4, -0.2) is 109 Å². The molecule has 2 aliphatic heterocycles. The van der Waals surface area contributed by atoms with Gasteiger partial charge in [0.15, 0.2) is 5.69 Å².